The number of benzene rings is 1. The Labute approximate surface area is 131 Å². The molecule has 0 radical (unpaired) electrons. The van der Waals surface area contributed by atoms with Gasteiger partial charge in [-0.1, -0.05) is 31.4 Å². The van der Waals surface area contributed by atoms with Crippen molar-refractivity contribution < 1.29 is 4.79 Å². The van der Waals surface area contributed by atoms with Crippen LogP contribution in [0.3, 0.4) is 0 Å². The van der Waals surface area contributed by atoms with Gasteiger partial charge in [-0.2, -0.15) is 0 Å². The molecule has 1 aliphatic rings. The highest BCUT2D eigenvalue weighted by Crippen LogP contribution is 2.27. The normalized spacial score (nSPS) is 22.3. The highest BCUT2D eigenvalue weighted by Gasteiger charge is 2.23. The minimum absolute atomic E-state index is 0.0394. The van der Waals surface area contributed by atoms with Gasteiger partial charge >= 0.3 is 0 Å². The summed E-state index contributed by atoms with van der Waals surface area (Å²) in [7, 11) is 2.02. The Hall–Kier alpha value is -1.26. The van der Waals surface area contributed by atoms with Gasteiger partial charge in [-0.05, 0) is 44.0 Å². The number of likely N-dealkylation sites (N-methyl/N-ethyl adjacent to an activating group) is 1. The average Bonchev–Trinajstić information content (AvgIpc) is 2.42. The minimum atomic E-state index is -0.0394. The van der Waals surface area contributed by atoms with Crippen LogP contribution in [0.5, 0.6) is 0 Å². The molecule has 5 heteroatoms. The van der Waals surface area contributed by atoms with Gasteiger partial charge in [0.25, 0.3) is 0 Å². The largest absolute Gasteiger partial charge is 0.399 e. The van der Waals surface area contributed by atoms with Gasteiger partial charge in [0.1, 0.15) is 0 Å². The predicted molar refractivity (Wildman–Crippen MR) is 88.5 cm³/mol. The molecule has 2 unspecified atom stereocenters. The molecule has 2 rings (SSSR count). The van der Waals surface area contributed by atoms with Crippen LogP contribution in [0.25, 0.3) is 0 Å². The number of halogens is 1. The van der Waals surface area contributed by atoms with Gasteiger partial charge in [-0.15, -0.1) is 0 Å². The van der Waals surface area contributed by atoms with E-state index in [1.165, 1.54) is 25.7 Å². The molecule has 0 aromatic heterocycles. The summed E-state index contributed by atoms with van der Waals surface area (Å²) < 4.78 is 0. The number of hydrogen-bond acceptors (Lipinski definition) is 3. The molecule has 0 saturated heterocycles. The molecule has 1 aliphatic carbocycles. The Balaban J connectivity index is 1.89. The van der Waals surface area contributed by atoms with E-state index in [1.807, 2.05) is 7.05 Å². The second-order valence-electron chi connectivity index (χ2n) is 6.13. The van der Waals surface area contributed by atoms with Crippen molar-refractivity contribution in [1.29, 1.82) is 0 Å². The number of rotatable bonds is 4. The molecule has 2 atom stereocenters. The number of carbonyl (C=O) groups excluding carboxylic acids is 1. The average molecular weight is 310 g/mol. The summed E-state index contributed by atoms with van der Waals surface area (Å²) in [4.78, 5) is 14.3. The molecule has 0 bridgehead atoms. The molecular weight excluding hydrogens is 286 g/mol. The van der Waals surface area contributed by atoms with Gasteiger partial charge < -0.3 is 11.1 Å². The first kappa shape index (κ1) is 16.1. The standard InChI is InChI=1S/C16H24ClN3O/c1-11-4-3-5-13(8-11)20(2)10-16(21)19-15-7-6-12(18)9-14(15)17/h6-7,9,11,13H,3-5,8,10,18H2,1-2H3,(H,19,21). The number of anilines is 2. The van der Waals surface area contributed by atoms with E-state index in [0.717, 1.165) is 5.92 Å². The van der Waals surface area contributed by atoms with E-state index in [4.69, 9.17) is 17.3 Å². The van der Waals surface area contributed by atoms with Crippen LogP contribution < -0.4 is 11.1 Å². The quantitative estimate of drug-likeness (QED) is 0.838. The number of nitrogen functional groups attached to an aromatic ring is 1. The van der Waals surface area contributed by atoms with Crippen molar-refractivity contribution in [2.45, 2.75) is 38.6 Å². The maximum atomic E-state index is 12.1. The zero-order valence-corrected chi connectivity index (χ0v) is 13.5. The summed E-state index contributed by atoms with van der Waals surface area (Å²) in [5, 5.41) is 3.32. The number of nitrogens with zero attached hydrogens (tertiary/aromatic N) is 1. The Kier molecular flexibility index (Phi) is 5.48. The first-order valence-electron chi connectivity index (χ1n) is 7.51. The Bertz CT molecular complexity index is 506. The van der Waals surface area contributed by atoms with Gasteiger partial charge in [-0.3, -0.25) is 9.69 Å². The molecule has 1 amide bonds. The van der Waals surface area contributed by atoms with Crippen LogP contribution in [-0.2, 0) is 4.79 Å². The lowest BCUT2D eigenvalue weighted by Gasteiger charge is -2.33. The highest BCUT2D eigenvalue weighted by molar-refractivity contribution is 6.34. The molecule has 0 aliphatic heterocycles. The van der Waals surface area contributed by atoms with Crippen molar-refractivity contribution in [3.05, 3.63) is 23.2 Å². The fraction of sp³-hybridized carbons (Fsp3) is 0.562. The van der Waals surface area contributed by atoms with Crippen LogP contribution in [0.4, 0.5) is 11.4 Å². The Morgan fingerprint density at radius 1 is 1.48 bits per heavy atom. The zero-order valence-electron chi connectivity index (χ0n) is 12.7. The van der Waals surface area contributed by atoms with E-state index in [-0.39, 0.29) is 5.91 Å². The minimum Gasteiger partial charge on any atom is -0.399 e. The van der Waals surface area contributed by atoms with E-state index in [0.29, 0.717) is 29.0 Å². The van der Waals surface area contributed by atoms with Gasteiger partial charge in [0.15, 0.2) is 0 Å². The fourth-order valence-corrected chi connectivity index (χ4v) is 3.22. The fourth-order valence-electron chi connectivity index (χ4n) is 2.98. The Morgan fingerprint density at radius 2 is 2.24 bits per heavy atom. The zero-order chi connectivity index (χ0) is 15.4. The van der Waals surface area contributed by atoms with Gasteiger partial charge in [0.2, 0.25) is 5.91 Å². The lowest BCUT2D eigenvalue weighted by atomic mass is 9.86. The van der Waals surface area contributed by atoms with E-state index < -0.39 is 0 Å². The molecule has 4 nitrogen and oxygen atoms in total. The second kappa shape index (κ2) is 7.14. The summed E-state index contributed by atoms with van der Waals surface area (Å²) in [5.41, 5.74) is 6.85. The second-order valence-corrected chi connectivity index (χ2v) is 6.54. The summed E-state index contributed by atoms with van der Waals surface area (Å²) in [6, 6.07) is 5.61. The predicted octanol–water partition coefficient (Wildman–Crippen LogP) is 3.37. The number of amides is 1. The van der Waals surface area contributed by atoms with E-state index in [9.17, 15) is 4.79 Å². The van der Waals surface area contributed by atoms with E-state index in [1.54, 1.807) is 18.2 Å². The molecule has 1 saturated carbocycles. The molecular formula is C16H24ClN3O. The third-order valence-corrected chi connectivity index (χ3v) is 4.51. The monoisotopic (exact) mass is 309 g/mol. The lowest BCUT2D eigenvalue weighted by Crippen LogP contribution is -2.40. The Morgan fingerprint density at radius 3 is 2.90 bits per heavy atom. The van der Waals surface area contributed by atoms with Crippen molar-refractivity contribution >= 4 is 28.9 Å². The third-order valence-electron chi connectivity index (χ3n) is 4.19. The highest BCUT2D eigenvalue weighted by atomic mass is 35.5. The molecule has 1 fully saturated rings. The summed E-state index contributed by atoms with van der Waals surface area (Å²) in [5.74, 6) is 0.711. The number of carbonyl (C=O) groups is 1. The lowest BCUT2D eigenvalue weighted by molar-refractivity contribution is -0.117. The molecule has 0 spiro atoms. The molecule has 21 heavy (non-hydrogen) atoms. The van der Waals surface area contributed by atoms with Crippen LogP contribution in [0.2, 0.25) is 5.02 Å². The molecule has 116 valence electrons. The SMILES string of the molecule is CC1CCCC(N(C)CC(=O)Nc2ccc(N)cc2Cl)C1. The van der Waals surface area contributed by atoms with E-state index in [2.05, 4.69) is 17.1 Å². The van der Waals surface area contributed by atoms with Crippen LogP contribution in [0.1, 0.15) is 32.6 Å². The maximum Gasteiger partial charge on any atom is 0.238 e. The smallest absolute Gasteiger partial charge is 0.238 e. The maximum absolute atomic E-state index is 12.1. The summed E-state index contributed by atoms with van der Waals surface area (Å²) >= 11 is 6.07. The molecule has 0 heterocycles. The third kappa shape index (κ3) is 4.61. The van der Waals surface area contributed by atoms with Crippen LogP contribution in [-0.4, -0.2) is 30.4 Å². The van der Waals surface area contributed by atoms with Crippen molar-refractivity contribution in [1.82, 2.24) is 4.90 Å². The summed E-state index contributed by atoms with van der Waals surface area (Å²) in [6.07, 6.45) is 4.91. The first-order valence-corrected chi connectivity index (χ1v) is 7.88. The van der Waals surface area contributed by atoms with Crippen LogP contribution >= 0.6 is 11.6 Å². The van der Waals surface area contributed by atoms with Gasteiger partial charge in [0.05, 0.1) is 17.3 Å². The topological polar surface area (TPSA) is 58.4 Å². The van der Waals surface area contributed by atoms with Crippen molar-refractivity contribution in [3.63, 3.8) is 0 Å². The number of nitrogens with two attached hydrogens (primary N) is 1. The molecule has 1 aromatic rings. The van der Waals surface area contributed by atoms with Crippen molar-refractivity contribution in [3.8, 4) is 0 Å². The van der Waals surface area contributed by atoms with Crippen molar-refractivity contribution in [2.75, 3.05) is 24.6 Å². The van der Waals surface area contributed by atoms with Gasteiger partial charge in [-0.25, -0.2) is 0 Å². The van der Waals surface area contributed by atoms with Crippen LogP contribution in [0, 0.1) is 5.92 Å². The van der Waals surface area contributed by atoms with Gasteiger partial charge in [0, 0.05) is 11.7 Å². The van der Waals surface area contributed by atoms with Crippen LogP contribution in [0.15, 0.2) is 18.2 Å². The first-order chi connectivity index (χ1) is 9.95. The number of hydrogen-bond donors (Lipinski definition) is 2. The number of nitrogens with one attached hydrogen (secondary N) is 1. The molecule has 1 aromatic carbocycles. The van der Waals surface area contributed by atoms with Crippen molar-refractivity contribution in [2.24, 2.45) is 5.92 Å². The van der Waals surface area contributed by atoms with E-state index >= 15 is 0 Å². The summed E-state index contributed by atoms with van der Waals surface area (Å²) in [6.45, 7) is 2.67. The molecule has 3 N–H and O–H groups in total.